The van der Waals surface area contributed by atoms with Crippen molar-refractivity contribution in [3.63, 3.8) is 0 Å². The molecule has 0 aliphatic carbocycles. The van der Waals surface area contributed by atoms with Crippen molar-refractivity contribution in [3.8, 4) is 11.8 Å². The minimum Gasteiger partial charge on any atom is -0.483 e. The molecule has 0 unspecified atom stereocenters. The molecular formula is C12H12FN3O3. The van der Waals surface area contributed by atoms with Gasteiger partial charge in [-0.1, -0.05) is 5.16 Å². The van der Waals surface area contributed by atoms with Gasteiger partial charge in [0.25, 0.3) is 5.91 Å². The monoisotopic (exact) mass is 265 g/mol. The number of amides is 1. The van der Waals surface area contributed by atoms with Crippen LogP contribution in [0, 0.1) is 17.1 Å². The molecule has 1 aromatic rings. The third kappa shape index (κ3) is 4.27. The molecule has 7 heteroatoms. The van der Waals surface area contributed by atoms with Gasteiger partial charge in [-0.05, 0) is 25.1 Å². The smallest absolute Gasteiger partial charge is 0.258 e. The summed E-state index contributed by atoms with van der Waals surface area (Å²) in [5.41, 5.74) is 0.405. The molecule has 0 spiro atoms. The molecule has 0 heterocycles. The van der Waals surface area contributed by atoms with Gasteiger partial charge in [-0.15, -0.1) is 0 Å². The zero-order valence-electron chi connectivity index (χ0n) is 10.2. The number of halogens is 1. The first-order chi connectivity index (χ1) is 9.08. The summed E-state index contributed by atoms with van der Waals surface area (Å²) in [5.74, 6) is -0.779. The van der Waals surface area contributed by atoms with Crippen LogP contribution in [0.1, 0.15) is 12.5 Å². The number of carbonyl (C=O) groups excluding carboxylic acids is 1. The van der Waals surface area contributed by atoms with E-state index < -0.39 is 11.7 Å². The second kappa shape index (κ2) is 6.96. The minimum absolute atomic E-state index is 0.115. The number of nitrogens with zero attached hydrogens (tertiary/aromatic N) is 2. The molecule has 1 amide bonds. The van der Waals surface area contributed by atoms with Crippen LogP contribution in [-0.4, -0.2) is 30.0 Å². The third-order valence-corrected chi connectivity index (χ3v) is 2.20. The average molecular weight is 265 g/mol. The second-order valence-electron chi connectivity index (χ2n) is 3.55. The number of nitrogens with one attached hydrogen (secondary N) is 1. The van der Waals surface area contributed by atoms with Crippen molar-refractivity contribution in [2.45, 2.75) is 6.92 Å². The summed E-state index contributed by atoms with van der Waals surface area (Å²) in [5, 5.41) is 22.2. The molecule has 1 rings (SSSR count). The van der Waals surface area contributed by atoms with Gasteiger partial charge in [-0.3, -0.25) is 4.79 Å². The molecule has 0 atom stereocenters. The van der Waals surface area contributed by atoms with Gasteiger partial charge < -0.3 is 15.3 Å². The van der Waals surface area contributed by atoms with E-state index in [1.807, 2.05) is 0 Å². The lowest BCUT2D eigenvalue weighted by Gasteiger charge is -2.10. The number of carbonyl (C=O) groups is 1. The van der Waals surface area contributed by atoms with Crippen LogP contribution in [0.4, 0.5) is 4.39 Å². The highest BCUT2D eigenvalue weighted by Crippen LogP contribution is 2.20. The fourth-order valence-corrected chi connectivity index (χ4v) is 1.30. The fraction of sp³-hybridized carbons (Fsp3) is 0.250. The van der Waals surface area contributed by atoms with Gasteiger partial charge in [0.2, 0.25) is 0 Å². The van der Waals surface area contributed by atoms with Crippen LogP contribution in [0.3, 0.4) is 0 Å². The second-order valence-corrected chi connectivity index (χ2v) is 3.55. The SMILES string of the molecule is CC(=NO)c1cc(F)ccc1OCC(=O)NCC#N. The summed E-state index contributed by atoms with van der Waals surface area (Å²) < 4.78 is 18.3. The van der Waals surface area contributed by atoms with E-state index in [0.29, 0.717) is 0 Å². The number of rotatable bonds is 5. The van der Waals surface area contributed by atoms with E-state index in [4.69, 9.17) is 15.2 Å². The Bertz CT molecular complexity index is 538. The molecule has 0 aliphatic rings. The normalized spacial score (nSPS) is 10.7. The van der Waals surface area contributed by atoms with E-state index in [-0.39, 0.29) is 30.2 Å². The van der Waals surface area contributed by atoms with Crippen LogP contribution >= 0.6 is 0 Å². The first-order valence-corrected chi connectivity index (χ1v) is 5.33. The average Bonchev–Trinajstić information content (AvgIpc) is 2.42. The summed E-state index contributed by atoms with van der Waals surface area (Å²) in [6, 6.07) is 5.38. The Hall–Kier alpha value is -2.62. The van der Waals surface area contributed by atoms with E-state index in [1.165, 1.54) is 13.0 Å². The molecular weight excluding hydrogens is 253 g/mol. The van der Waals surface area contributed by atoms with Crippen molar-refractivity contribution in [2.75, 3.05) is 13.2 Å². The highest BCUT2D eigenvalue weighted by atomic mass is 19.1. The molecule has 0 saturated heterocycles. The van der Waals surface area contributed by atoms with Gasteiger partial charge in [-0.2, -0.15) is 5.26 Å². The number of hydrogen-bond donors (Lipinski definition) is 2. The lowest BCUT2D eigenvalue weighted by Crippen LogP contribution is -2.29. The summed E-state index contributed by atoms with van der Waals surface area (Å²) in [6.45, 7) is 1.03. The number of ether oxygens (including phenoxy) is 1. The Kier molecular flexibility index (Phi) is 5.29. The van der Waals surface area contributed by atoms with E-state index >= 15 is 0 Å². The highest BCUT2D eigenvalue weighted by Gasteiger charge is 2.10. The summed E-state index contributed by atoms with van der Waals surface area (Å²) in [6.07, 6.45) is 0. The van der Waals surface area contributed by atoms with Crippen LogP contribution in [0.15, 0.2) is 23.4 Å². The van der Waals surface area contributed by atoms with Crippen molar-refractivity contribution >= 4 is 11.6 Å². The van der Waals surface area contributed by atoms with Crippen molar-refractivity contribution in [2.24, 2.45) is 5.16 Å². The molecule has 6 nitrogen and oxygen atoms in total. The third-order valence-electron chi connectivity index (χ3n) is 2.20. The molecule has 0 radical (unpaired) electrons. The summed E-state index contributed by atoms with van der Waals surface area (Å²) in [4.78, 5) is 11.3. The Labute approximate surface area is 109 Å². The van der Waals surface area contributed by atoms with Crippen molar-refractivity contribution in [1.82, 2.24) is 5.32 Å². The maximum Gasteiger partial charge on any atom is 0.258 e. The van der Waals surface area contributed by atoms with Gasteiger partial charge in [0.05, 0.1) is 11.8 Å². The molecule has 0 aliphatic heterocycles. The Balaban J connectivity index is 2.79. The van der Waals surface area contributed by atoms with Gasteiger partial charge in [-0.25, -0.2) is 4.39 Å². The van der Waals surface area contributed by atoms with Crippen LogP contribution in [0.2, 0.25) is 0 Å². The Morgan fingerprint density at radius 1 is 1.63 bits per heavy atom. The first kappa shape index (κ1) is 14.4. The standard InChI is InChI=1S/C12H12FN3O3/c1-8(16-18)10-6-9(13)2-3-11(10)19-7-12(17)15-5-4-14/h2-3,6,18H,5,7H2,1H3,(H,15,17). The molecule has 0 saturated carbocycles. The lowest BCUT2D eigenvalue weighted by molar-refractivity contribution is -0.122. The predicted octanol–water partition coefficient (Wildman–Crippen LogP) is 1.04. The van der Waals surface area contributed by atoms with Crippen molar-refractivity contribution in [3.05, 3.63) is 29.6 Å². The quantitative estimate of drug-likeness (QED) is 0.360. The van der Waals surface area contributed by atoms with Gasteiger partial charge >= 0.3 is 0 Å². The van der Waals surface area contributed by atoms with E-state index in [0.717, 1.165) is 12.1 Å². The molecule has 19 heavy (non-hydrogen) atoms. The van der Waals surface area contributed by atoms with Crippen molar-refractivity contribution in [1.29, 1.82) is 5.26 Å². The zero-order valence-corrected chi connectivity index (χ0v) is 10.2. The van der Waals surface area contributed by atoms with Crippen LogP contribution in [0.5, 0.6) is 5.75 Å². The van der Waals surface area contributed by atoms with E-state index in [9.17, 15) is 9.18 Å². The largest absolute Gasteiger partial charge is 0.483 e. The number of nitriles is 1. The van der Waals surface area contributed by atoms with E-state index in [1.54, 1.807) is 6.07 Å². The van der Waals surface area contributed by atoms with Gasteiger partial charge in [0, 0.05) is 5.56 Å². The van der Waals surface area contributed by atoms with Crippen LogP contribution in [0.25, 0.3) is 0 Å². The number of hydrogen-bond acceptors (Lipinski definition) is 5. The molecule has 0 aromatic heterocycles. The molecule has 1 aromatic carbocycles. The molecule has 2 N–H and O–H groups in total. The minimum atomic E-state index is -0.515. The zero-order chi connectivity index (χ0) is 14.3. The summed E-state index contributed by atoms with van der Waals surface area (Å²) in [7, 11) is 0. The lowest BCUT2D eigenvalue weighted by atomic mass is 10.1. The van der Waals surface area contributed by atoms with Crippen LogP contribution in [-0.2, 0) is 4.79 Å². The fourth-order valence-electron chi connectivity index (χ4n) is 1.30. The Morgan fingerprint density at radius 3 is 3.00 bits per heavy atom. The number of oxime groups is 1. The highest BCUT2D eigenvalue weighted by molar-refractivity contribution is 6.00. The maximum absolute atomic E-state index is 13.1. The van der Waals surface area contributed by atoms with Gasteiger partial charge in [0.15, 0.2) is 6.61 Å². The first-order valence-electron chi connectivity index (χ1n) is 5.33. The topological polar surface area (TPSA) is 94.7 Å². The predicted molar refractivity (Wildman–Crippen MR) is 64.5 cm³/mol. The van der Waals surface area contributed by atoms with Gasteiger partial charge in [0.1, 0.15) is 18.1 Å². The molecule has 0 fully saturated rings. The summed E-state index contributed by atoms with van der Waals surface area (Å²) >= 11 is 0. The maximum atomic E-state index is 13.1. The number of benzene rings is 1. The van der Waals surface area contributed by atoms with Crippen LogP contribution < -0.4 is 10.1 Å². The Morgan fingerprint density at radius 2 is 2.37 bits per heavy atom. The molecule has 0 bridgehead atoms. The van der Waals surface area contributed by atoms with E-state index in [2.05, 4.69) is 10.5 Å². The molecule has 100 valence electrons. The van der Waals surface area contributed by atoms with Crippen molar-refractivity contribution < 1.29 is 19.1 Å².